The van der Waals surface area contributed by atoms with E-state index in [2.05, 4.69) is 17.3 Å². The first-order chi connectivity index (χ1) is 8.59. The molecule has 1 fully saturated rings. The van der Waals surface area contributed by atoms with Crippen molar-refractivity contribution in [3.63, 3.8) is 0 Å². The van der Waals surface area contributed by atoms with Crippen LogP contribution in [0.4, 0.5) is 5.69 Å². The predicted octanol–water partition coefficient (Wildman–Crippen LogP) is 1.40. The summed E-state index contributed by atoms with van der Waals surface area (Å²) in [7, 11) is 2.11. The number of nitrogens with one attached hydrogen (secondary N) is 1. The Morgan fingerprint density at radius 1 is 1.56 bits per heavy atom. The van der Waals surface area contributed by atoms with E-state index < -0.39 is 0 Å². The van der Waals surface area contributed by atoms with Gasteiger partial charge in [-0.25, -0.2) is 0 Å². The number of benzene rings is 1. The summed E-state index contributed by atoms with van der Waals surface area (Å²) in [6, 6.07) is 5.92. The van der Waals surface area contributed by atoms with Crippen molar-refractivity contribution in [3.05, 3.63) is 29.3 Å². The summed E-state index contributed by atoms with van der Waals surface area (Å²) in [6.45, 7) is 3.72. The fraction of sp³-hybridized carbons (Fsp3) is 0.500. The van der Waals surface area contributed by atoms with Crippen LogP contribution in [0.3, 0.4) is 0 Å². The zero-order valence-electron chi connectivity index (χ0n) is 11.1. The number of likely N-dealkylation sites (N-methyl/N-ethyl adjacent to an activating group) is 1. The third-order valence-corrected chi connectivity index (χ3v) is 3.79. The topological polar surface area (TPSA) is 58.4 Å². The van der Waals surface area contributed by atoms with Gasteiger partial charge < -0.3 is 16.0 Å². The lowest BCUT2D eigenvalue weighted by Gasteiger charge is -2.20. The van der Waals surface area contributed by atoms with Gasteiger partial charge in [0.2, 0.25) is 0 Å². The molecule has 0 saturated carbocycles. The fourth-order valence-corrected chi connectivity index (χ4v) is 2.44. The molecule has 0 bridgehead atoms. The molecule has 0 aromatic heterocycles. The van der Waals surface area contributed by atoms with Crippen LogP contribution in [0, 0.1) is 6.92 Å². The van der Waals surface area contributed by atoms with E-state index in [4.69, 9.17) is 5.73 Å². The van der Waals surface area contributed by atoms with Gasteiger partial charge in [-0.2, -0.15) is 0 Å². The minimum absolute atomic E-state index is 0.0277. The summed E-state index contributed by atoms with van der Waals surface area (Å²) in [5, 5.41) is 3.00. The Kier molecular flexibility index (Phi) is 3.87. The number of nitrogens with zero attached hydrogens (tertiary/aromatic N) is 1. The zero-order valence-corrected chi connectivity index (χ0v) is 11.1. The van der Waals surface area contributed by atoms with E-state index >= 15 is 0 Å². The summed E-state index contributed by atoms with van der Waals surface area (Å²) < 4.78 is 0. The van der Waals surface area contributed by atoms with Crippen molar-refractivity contribution < 1.29 is 4.79 Å². The number of hydrogen-bond acceptors (Lipinski definition) is 3. The van der Waals surface area contributed by atoms with E-state index in [0.29, 0.717) is 23.8 Å². The summed E-state index contributed by atoms with van der Waals surface area (Å²) >= 11 is 0. The lowest BCUT2D eigenvalue weighted by atomic mass is 10.1. The smallest absolute Gasteiger partial charge is 0.251 e. The van der Waals surface area contributed by atoms with Crippen molar-refractivity contribution in [1.29, 1.82) is 0 Å². The van der Waals surface area contributed by atoms with Gasteiger partial charge >= 0.3 is 0 Å². The van der Waals surface area contributed by atoms with Gasteiger partial charge in [-0.15, -0.1) is 0 Å². The normalized spacial score (nSPS) is 20.0. The van der Waals surface area contributed by atoms with Crippen molar-refractivity contribution in [1.82, 2.24) is 10.2 Å². The fourth-order valence-electron chi connectivity index (χ4n) is 2.44. The van der Waals surface area contributed by atoms with E-state index in [-0.39, 0.29) is 5.91 Å². The number of nitrogens with two attached hydrogens (primary N) is 1. The van der Waals surface area contributed by atoms with E-state index in [9.17, 15) is 4.79 Å². The summed E-state index contributed by atoms with van der Waals surface area (Å²) in [5.41, 5.74) is 8.01. The molecule has 0 radical (unpaired) electrons. The highest BCUT2D eigenvalue weighted by Gasteiger charge is 2.21. The van der Waals surface area contributed by atoms with Crippen LogP contribution in [0.1, 0.15) is 28.8 Å². The van der Waals surface area contributed by atoms with Gasteiger partial charge in [0.15, 0.2) is 0 Å². The summed E-state index contributed by atoms with van der Waals surface area (Å²) in [4.78, 5) is 14.4. The van der Waals surface area contributed by atoms with Crippen molar-refractivity contribution >= 4 is 11.6 Å². The van der Waals surface area contributed by atoms with Gasteiger partial charge in [0, 0.05) is 23.8 Å². The van der Waals surface area contributed by atoms with Crippen LogP contribution in [0.2, 0.25) is 0 Å². The second-order valence-electron chi connectivity index (χ2n) is 5.01. The number of rotatable bonds is 3. The third-order valence-electron chi connectivity index (χ3n) is 3.79. The molecule has 1 aromatic carbocycles. The highest BCUT2D eigenvalue weighted by molar-refractivity contribution is 5.96. The van der Waals surface area contributed by atoms with E-state index in [1.807, 2.05) is 25.1 Å². The molecule has 1 aliphatic heterocycles. The van der Waals surface area contributed by atoms with Crippen LogP contribution >= 0.6 is 0 Å². The Balaban J connectivity index is 1.97. The van der Waals surface area contributed by atoms with Crippen LogP contribution < -0.4 is 11.1 Å². The number of anilines is 1. The lowest BCUT2D eigenvalue weighted by molar-refractivity contribution is 0.0943. The van der Waals surface area contributed by atoms with Crippen molar-refractivity contribution in [3.8, 4) is 0 Å². The molecule has 4 heteroatoms. The predicted molar refractivity (Wildman–Crippen MR) is 73.6 cm³/mol. The minimum atomic E-state index is -0.0277. The van der Waals surface area contributed by atoms with Gasteiger partial charge in [-0.1, -0.05) is 6.07 Å². The molecule has 1 aliphatic rings. The Bertz CT molecular complexity index is 445. The lowest BCUT2D eigenvalue weighted by Crippen LogP contribution is -2.38. The molecule has 98 valence electrons. The number of likely N-dealkylation sites (tertiary alicyclic amines) is 1. The Labute approximate surface area is 108 Å². The molecule has 1 unspecified atom stereocenters. The summed E-state index contributed by atoms with van der Waals surface area (Å²) in [5.74, 6) is -0.0277. The molecule has 1 atom stereocenters. The molecule has 1 amide bonds. The maximum absolute atomic E-state index is 12.1. The van der Waals surface area contributed by atoms with Gasteiger partial charge in [0.05, 0.1) is 0 Å². The standard InChI is InChI=1S/C14H21N3O/c1-10-12(6-3-7-13(10)15)14(18)16-9-11-5-4-8-17(11)2/h3,6-7,11H,4-5,8-9,15H2,1-2H3,(H,16,18). The highest BCUT2D eigenvalue weighted by atomic mass is 16.1. The average Bonchev–Trinajstić information content (AvgIpc) is 2.75. The number of carbonyl (C=O) groups excluding carboxylic acids is 1. The van der Waals surface area contributed by atoms with Crippen LogP contribution in [0.25, 0.3) is 0 Å². The highest BCUT2D eigenvalue weighted by Crippen LogP contribution is 2.16. The van der Waals surface area contributed by atoms with Crippen molar-refractivity contribution in [2.24, 2.45) is 0 Å². The first-order valence-electron chi connectivity index (χ1n) is 6.43. The first kappa shape index (κ1) is 12.9. The Hall–Kier alpha value is -1.55. The molecule has 1 saturated heterocycles. The van der Waals surface area contributed by atoms with Crippen LogP contribution in [-0.4, -0.2) is 37.0 Å². The molecule has 3 N–H and O–H groups in total. The number of amides is 1. The van der Waals surface area contributed by atoms with Crippen molar-refractivity contribution in [2.75, 3.05) is 25.9 Å². The van der Waals surface area contributed by atoms with E-state index in [0.717, 1.165) is 18.5 Å². The molecule has 18 heavy (non-hydrogen) atoms. The molecular weight excluding hydrogens is 226 g/mol. The van der Waals surface area contributed by atoms with Crippen LogP contribution in [0.15, 0.2) is 18.2 Å². The number of hydrogen-bond donors (Lipinski definition) is 2. The quantitative estimate of drug-likeness (QED) is 0.794. The van der Waals surface area contributed by atoms with Crippen LogP contribution in [-0.2, 0) is 0 Å². The van der Waals surface area contributed by atoms with Gasteiger partial charge in [0.1, 0.15) is 0 Å². The maximum Gasteiger partial charge on any atom is 0.251 e. The minimum Gasteiger partial charge on any atom is -0.398 e. The molecule has 1 heterocycles. The van der Waals surface area contributed by atoms with E-state index in [1.165, 1.54) is 6.42 Å². The van der Waals surface area contributed by atoms with E-state index in [1.54, 1.807) is 0 Å². The van der Waals surface area contributed by atoms with Crippen molar-refractivity contribution in [2.45, 2.75) is 25.8 Å². The Morgan fingerprint density at radius 2 is 2.33 bits per heavy atom. The SMILES string of the molecule is Cc1c(N)cccc1C(=O)NCC1CCCN1C. The molecule has 0 aliphatic carbocycles. The second-order valence-corrected chi connectivity index (χ2v) is 5.01. The largest absolute Gasteiger partial charge is 0.398 e. The number of carbonyl (C=O) groups is 1. The zero-order chi connectivity index (χ0) is 13.1. The first-order valence-corrected chi connectivity index (χ1v) is 6.43. The summed E-state index contributed by atoms with van der Waals surface area (Å²) in [6.07, 6.45) is 2.38. The van der Waals surface area contributed by atoms with Gasteiger partial charge in [-0.3, -0.25) is 4.79 Å². The van der Waals surface area contributed by atoms with Gasteiger partial charge in [-0.05, 0) is 51.1 Å². The average molecular weight is 247 g/mol. The number of nitrogen functional groups attached to an aromatic ring is 1. The second kappa shape index (κ2) is 5.40. The van der Waals surface area contributed by atoms with Crippen LogP contribution in [0.5, 0.6) is 0 Å². The van der Waals surface area contributed by atoms with Gasteiger partial charge in [0.25, 0.3) is 5.91 Å². The molecule has 2 rings (SSSR count). The molecule has 1 aromatic rings. The monoisotopic (exact) mass is 247 g/mol. The molecule has 4 nitrogen and oxygen atoms in total. The molecular formula is C14H21N3O. The maximum atomic E-state index is 12.1. The Morgan fingerprint density at radius 3 is 3.00 bits per heavy atom. The third kappa shape index (κ3) is 2.64. The molecule has 0 spiro atoms.